The van der Waals surface area contributed by atoms with Crippen molar-refractivity contribution >= 4 is 28.6 Å². The highest BCUT2D eigenvalue weighted by Gasteiger charge is 2.24. The maximum absolute atomic E-state index is 13.0. The number of aromatic nitrogens is 2. The van der Waals surface area contributed by atoms with Gasteiger partial charge in [0, 0.05) is 37.1 Å². The number of benzene rings is 3. The fourth-order valence-corrected chi connectivity index (χ4v) is 5.91. The molecule has 6 heteroatoms. The third kappa shape index (κ3) is 7.67. The second-order valence-electron chi connectivity index (χ2n) is 11.9. The van der Waals surface area contributed by atoms with Gasteiger partial charge in [-0.15, -0.1) is 0 Å². The van der Waals surface area contributed by atoms with Crippen LogP contribution in [-0.2, 0) is 6.42 Å². The topological polar surface area (TPSA) is 70.2 Å². The summed E-state index contributed by atoms with van der Waals surface area (Å²) in [6, 6.07) is 25.5. The summed E-state index contributed by atoms with van der Waals surface area (Å²) in [5, 5.41) is 7.87. The number of fused-ring (bicyclic) bond motifs is 1. The lowest BCUT2D eigenvalue weighted by molar-refractivity contribution is 0.0926. The minimum Gasteiger partial charge on any atom is -0.362 e. The lowest BCUT2D eigenvalue weighted by atomic mass is 9.91. The molecule has 1 aromatic heterocycles. The van der Waals surface area contributed by atoms with E-state index in [9.17, 15) is 4.79 Å². The molecule has 0 saturated heterocycles. The number of amides is 1. The molecule has 1 amide bonds. The van der Waals surface area contributed by atoms with Gasteiger partial charge in [0.05, 0.1) is 5.52 Å². The fraction of sp³-hybridized carbons (Fsp3) is 0.417. The molecular weight excluding hydrogens is 518 g/mol. The average Bonchev–Trinajstić information content (AvgIpc) is 3.02. The number of hydrogen-bond acceptors (Lipinski definition) is 5. The van der Waals surface area contributed by atoms with Crippen molar-refractivity contribution in [1.82, 2.24) is 15.3 Å². The highest BCUT2D eigenvalue weighted by atomic mass is 16.1. The monoisotopic (exact) mass is 563 g/mol. The lowest BCUT2D eigenvalue weighted by Crippen LogP contribution is -2.40. The zero-order valence-corrected chi connectivity index (χ0v) is 25.4. The second kappa shape index (κ2) is 14.3. The summed E-state index contributed by atoms with van der Waals surface area (Å²) in [6.45, 7) is 2.26. The van der Waals surface area contributed by atoms with Crippen LogP contribution >= 0.6 is 0 Å². The number of aryl methyl sites for hydroxylation is 1. The Hall–Kier alpha value is -3.93. The minimum atomic E-state index is 0.00451. The standard InChI is InChI=1S/C36H45N5O/c1-4-5-6-7-8-11-26-14-16-27(17-15-26)28-18-20-29(21-19-28)35(42)37-30-22-24-31(25-23-30)38-36-39-33-13-10-9-12-32(33)34(40-36)41(2)3/h9-10,12-21,30-31H,4-8,11,22-25H2,1-3H3,(H,37,42)(H,38,39,40). The van der Waals surface area contributed by atoms with Crippen LogP contribution in [0.5, 0.6) is 0 Å². The quantitative estimate of drug-likeness (QED) is 0.171. The Labute approximate surface area is 251 Å². The zero-order valence-electron chi connectivity index (χ0n) is 25.4. The lowest BCUT2D eigenvalue weighted by Gasteiger charge is -2.30. The molecule has 4 aromatic rings. The summed E-state index contributed by atoms with van der Waals surface area (Å²) in [5.41, 5.74) is 5.38. The molecule has 0 unspecified atom stereocenters. The van der Waals surface area contributed by atoms with Crippen molar-refractivity contribution in [2.45, 2.75) is 83.2 Å². The molecule has 0 bridgehead atoms. The van der Waals surface area contributed by atoms with Crippen molar-refractivity contribution in [1.29, 1.82) is 0 Å². The van der Waals surface area contributed by atoms with Crippen LogP contribution in [0.1, 0.15) is 80.6 Å². The van der Waals surface area contributed by atoms with E-state index in [0.717, 1.165) is 54.4 Å². The van der Waals surface area contributed by atoms with Gasteiger partial charge in [-0.25, -0.2) is 4.98 Å². The smallest absolute Gasteiger partial charge is 0.251 e. The number of hydrogen-bond donors (Lipinski definition) is 2. The van der Waals surface area contributed by atoms with E-state index < -0.39 is 0 Å². The van der Waals surface area contributed by atoms with Crippen molar-refractivity contribution < 1.29 is 4.79 Å². The molecule has 1 aliphatic carbocycles. The third-order valence-electron chi connectivity index (χ3n) is 8.41. The van der Waals surface area contributed by atoms with Crippen LogP contribution < -0.4 is 15.5 Å². The largest absolute Gasteiger partial charge is 0.362 e. The number of carbonyl (C=O) groups excluding carboxylic acids is 1. The van der Waals surface area contributed by atoms with Crippen LogP contribution in [-0.4, -0.2) is 42.1 Å². The van der Waals surface area contributed by atoms with Crippen LogP contribution in [0, 0.1) is 0 Å². The second-order valence-corrected chi connectivity index (χ2v) is 11.9. The van der Waals surface area contributed by atoms with Crippen molar-refractivity contribution in [2.24, 2.45) is 0 Å². The molecule has 1 heterocycles. The van der Waals surface area contributed by atoms with E-state index in [2.05, 4.69) is 60.0 Å². The molecule has 6 nitrogen and oxygen atoms in total. The Morgan fingerprint density at radius 1 is 0.786 bits per heavy atom. The number of unbranched alkanes of at least 4 members (excludes halogenated alkanes) is 4. The highest BCUT2D eigenvalue weighted by Crippen LogP contribution is 2.27. The zero-order chi connectivity index (χ0) is 29.3. The van der Waals surface area contributed by atoms with E-state index in [1.54, 1.807) is 0 Å². The Morgan fingerprint density at radius 3 is 2.12 bits per heavy atom. The third-order valence-corrected chi connectivity index (χ3v) is 8.41. The summed E-state index contributed by atoms with van der Waals surface area (Å²) >= 11 is 0. The van der Waals surface area contributed by atoms with E-state index in [0.29, 0.717) is 17.6 Å². The summed E-state index contributed by atoms with van der Waals surface area (Å²) in [6.07, 6.45) is 11.5. The maximum Gasteiger partial charge on any atom is 0.251 e. The minimum absolute atomic E-state index is 0.00451. The highest BCUT2D eigenvalue weighted by molar-refractivity contribution is 5.95. The summed E-state index contributed by atoms with van der Waals surface area (Å²) in [4.78, 5) is 24.6. The van der Waals surface area contributed by atoms with Gasteiger partial charge < -0.3 is 15.5 Å². The van der Waals surface area contributed by atoms with E-state index in [1.165, 1.54) is 43.2 Å². The maximum atomic E-state index is 13.0. The Bertz CT molecular complexity index is 1440. The molecule has 1 fully saturated rings. The average molecular weight is 564 g/mol. The van der Waals surface area contributed by atoms with Gasteiger partial charge in [-0.05, 0) is 79.5 Å². The fourth-order valence-electron chi connectivity index (χ4n) is 5.91. The van der Waals surface area contributed by atoms with Crippen LogP contribution in [0.15, 0.2) is 72.8 Å². The first-order valence-electron chi connectivity index (χ1n) is 15.7. The summed E-state index contributed by atoms with van der Waals surface area (Å²) in [5.74, 6) is 1.59. The van der Waals surface area contributed by atoms with Gasteiger partial charge in [0.25, 0.3) is 5.91 Å². The number of rotatable bonds is 12. The summed E-state index contributed by atoms with van der Waals surface area (Å²) in [7, 11) is 4.02. The van der Waals surface area contributed by atoms with Crippen molar-refractivity contribution in [2.75, 3.05) is 24.3 Å². The normalized spacial score (nSPS) is 16.7. The van der Waals surface area contributed by atoms with Gasteiger partial charge >= 0.3 is 0 Å². The molecule has 0 spiro atoms. The predicted molar refractivity (Wildman–Crippen MR) is 175 cm³/mol. The number of anilines is 2. The molecule has 220 valence electrons. The molecular formula is C36H45N5O. The van der Waals surface area contributed by atoms with E-state index in [4.69, 9.17) is 9.97 Å². The predicted octanol–water partition coefficient (Wildman–Crippen LogP) is 8.03. The Morgan fingerprint density at radius 2 is 1.43 bits per heavy atom. The summed E-state index contributed by atoms with van der Waals surface area (Å²) < 4.78 is 0. The van der Waals surface area contributed by atoms with Crippen LogP contribution in [0.4, 0.5) is 11.8 Å². The Kier molecular flexibility index (Phi) is 10.1. The first kappa shape index (κ1) is 29.6. The van der Waals surface area contributed by atoms with E-state index >= 15 is 0 Å². The number of nitrogens with one attached hydrogen (secondary N) is 2. The molecule has 42 heavy (non-hydrogen) atoms. The van der Waals surface area contributed by atoms with Crippen LogP contribution in [0.25, 0.3) is 22.0 Å². The number of nitrogens with zero attached hydrogens (tertiary/aromatic N) is 3. The van der Waals surface area contributed by atoms with Crippen molar-refractivity contribution in [3.05, 3.63) is 83.9 Å². The molecule has 0 aliphatic heterocycles. The van der Waals surface area contributed by atoms with Crippen LogP contribution in [0.2, 0.25) is 0 Å². The first-order chi connectivity index (χ1) is 20.5. The number of para-hydroxylation sites is 1. The van der Waals surface area contributed by atoms with Gasteiger partial charge in [-0.1, -0.05) is 81.1 Å². The molecule has 0 atom stereocenters. The molecule has 5 rings (SSSR count). The van der Waals surface area contributed by atoms with Crippen molar-refractivity contribution in [3.8, 4) is 11.1 Å². The first-order valence-corrected chi connectivity index (χ1v) is 15.7. The van der Waals surface area contributed by atoms with Gasteiger partial charge in [0.1, 0.15) is 5.82 Å². The van der Waals surface area contributed by atoms with Crippen molar-refractivity contribution in [3.63, 3.8) is 0 Å². The van der Waals surface area contributed by atoms with E-state index in [1.807, 2.05) is 49.3 Å². The number of carbonyl (C=O) groups is 1. The Balaban J connectivity index is 1.10. The van der Waals surface area contributed by atoms with E-state index in [-0.39, 0.29) is 11.9 Å². The van der Waals surface area contributed by atoms with Gasteiger partial charge in [0.15, 0.2) is 0 Å². The molecule has 1 aliphatic rings. The SMILES string of the molecule is CCCCCCCc1ccc(-c2ccc(C(=O)NC3CCC(Nc4nc(N(C)C)c5ccccc5n4)CC3)cc2)cc1. The van der Waals surface area contributed by atoms with Gasteiger partial charge in [-0.3, -0.25) is 4.79 Å². The van der Waals surface area contributed by atoms with Gasteiger partial charge in [0.2, 0.25) is 5.95 Å². The molecule has 1 saturated carbocycles. The van der Waals surface area contributed by atoms with Crippen LogP contribution in [0.3, 0.4) is 0 Å². The molecule has 2 N–H and O–H groups in total. The van der Waals surface area contributed by atoms with Gasteiger partial charge in [-0.2, -0.15) is 4.98 Å². The molecule has 3 aromatic carbocycles. The molecule has 0 radical (unpaired) electrons.